The van der Waals surface area contributed by atoms with Crippen molar-refractivity contribution in [2.24, 2.45) is 5.41 Å². The van der Waals surface area contributed by atoms with Crippen LogP contribution in [-0.2, 0) is 17.7 Å². The minimum atomic E-state index is 0. The van der Waals surface area contributed by atoms with Crippen molar-refractivity contribution < 1.29 is 4.74 Å². The highest BCUT2D eigenvalue weighted by Crippen LogP contribution is 2.32. The summed E-state index contributed by atoms with van der Waals surface area (Å²) in [7, 11) is 2.08. The Kier molecular flexibility index (Phi) is 5.76. The molecule has 4 rings (SSSR count). The minimum absolute atomic E-state index is 0. The molecular formula is C22H26ClN3O. The maximum absolute atomic E-state index is 8.97. The molecule has 1 saturated heterocycles. The summed E-state index contributed by atoms with van der Waals surface area (Å²) in [5, 5.41) is 8.97. The summed E-state index contributed by atoms with van der Waals surface area (Å²) in [5.41, 5.74) is 6.20. The zero-order valence-corrected chi connectivity index (χ0v) is 16.8. The SMILES string of the molecule is CN(c1ccc(C#N)cc1)c1ccc2c(c1)CN(CC1(C)COC1)CC2.Cl. The van der Waals surface area contributed by atoms with Crippen molar-refractivity contribution in [3.63, 3.8) is 0 Å². The number of ether oxygens (including phenoxy) is 1. The summed E-state index contributed by atoms with van der Waals surface area (Å²) in [5.74, 6) is 0. The first kappa shape index (κ1) is 19.7. The fourth-order valence-corrected chi connectivity index (χ4v) is 3.94. The summed E-state index contributed by atoms with van der Waals surface area (Å²) in [6, 6.07) is 16.7. The molecule has 27 heavy (non-hydrogen) atoms. The molecule has 0 unspecified atom stereocenters. The maximum atomic E-state index is 8.97. The Bertz CT molecular complexity index is 840. The van der Waals surface area contributed by atoms with Gasteiger partial charge in [0.1, 0.15) is 0 Å². The maximum Gasteiger partial charge on any atom is 0.0991 e. The molecule has 2 heterocycles. The molecule has 4 nitrogen and oxygen atoms in total. The van der Waals surface area contributed by atoms with Crippen molar-refractivity contribution in [1.29, 1.82) is 5.26 Å². The summed E-state index contributed by atoms with van der Waals surface area (Å²) in [6.07, 6.45) is 1.12. The Balaban J connectivity index is 0.00000210. The molecular weight excluding hydrogens is 358 g/mol. The lowest BCUT2D eigenvalue weighted by molar-refractivity contribution is -0.116. The molecule has 142 valence electrons. The second-order valence-electron chi connectivity index (χ2n) is 7.93. The molecule has 0 aliphatic carbocycles. The Morgan fingerprint density at radius 2 is 1.81 bits per heavy atom. The molecule has 0 spiro atoms. The molecule has 0 N–H and O–H groups in total. The second-order valence-corrected chi connectivity index (χ2v) is 7.93. The van der Waals surface area contributed by atoms with Gasteiger partial charge in [0.05, 0.1) is 24.8 Å². The zero-order valence-electron chi connectivity index (χ0n) is 15.9. The van der Waals surface area contributed by atoms with Gasteiger partial charge in [-0.1, -0.05) is 13.0 Å². The van der Waals surface area contributed by atoms with Crippen LogP contribution in [0.2, 0.25) is 0 Å². The van der Waals surface area contributed by atoms with Crippen LogP contribution in [0.25, 0.3) is 0 Å². The van der Waals surface area contributed by atoms with E-state index >= 15 is 0 Å². The predicted octanol–water partition coefficient (Wildman–Crippen LogP) is 4.14. The first-order valence-electron chi connectivity index (χ1n) is 9.22. The van der Waals surface area contributed by atoms with Crippen molar-refractivity contribution in [2.45, 2.75) is 19.9 Å². The van der Waals surface area contributed by atoms with Crippen molar-refractivity contribution in [1.82, 2.24) is 4.90 Å². The average Bonchev–Trinajstić information content (AvgIpc) is 2.65. The van der Waals surface area contributed by atoms with Gasteiger partial charge in [-0.2, -0.15) is 5.26 Å². The molecule has 5 heteroatoms. The molecule has 1 fully saturated rings. The van der Waals surface area contributed by atoms with E-state index < -0.39 is 0 Å². The van der Waals surface area contributed by atoms with E-state index in [-0.39, 0.29) is 12.4 Å². The van der Waals surface area contributed by atoms with Gasteiger partial charge in [0.2, 0.25) is 0 Å². The summed E-state index contributed by atoms with van der Waals surface area (Å²) in [4.78, 5) is 4.75. The average molecular weight is 384 g/mol. The fraction of sp³-hybridized carbons (Fsp3) is 0.409. The molecule has 0 aromatic heterocycles. The molecule has 0 radical (unpaired) electrons. The van der Waals surface area contributed by atoms with Crippen molar-refractivity contribution in [3.05, 3.63) is 59.2 Å². The number of nitrogens with zero attached hydrogens (tertiary/aromatic N) is 3. The van der Waals surface area contributed by atoms with Crippen LogP contribution in [0.3, 0.4) is 0 Å². The van der Waals surface area contributed by atoms with E-state index in [1.165, 1.54) is 16.8 Å². The van der Waals surface area contributed by atoms with Crippen LogP contribution in [0.1, 0.15) is 23.6 Å². The van der Waals surface area contributed by atoms with E-state index in [4.69, 9.17) is 10.00 Å². The minimum Gasteiger partial charge on any atom is -0.380 e. The van der Waals surface area contributed by atoms with E-state index in [9.17, 15) is 0 Å². The standard InChI is InChI=1S/C22H25N3O.ClH/c1-22(15-26-16-22)14-25-10-9-18-5-8-21(11-19(18)13-25)24(2)20-6-3-17(12-23)4-7-20;/h3-8,11H,9-10,13-16H2,1-2H3;1H. The number of benzene rings is 2. The van der Waals surface area contributed by atoms with Gasteiger partial charge in [-0.15, -0.1) is 12.4 Å². The molecule has 2 aliphatic heterocycles. The highest BCUT2D eigenvalue weighted by atomic mass is 35.5. The quantitative estimate of drug-likeness (QED) is 0.795. The molecule has 0 amide bonds. The van der Waals surface area contributed by atoms with Gasteiger partial charge in [-0.25, -0.2) is 0 Å². The van der Waals surface area contributed by atoms with Gasteiger partial charge in [-0.3, -0.25) is 4.90 Å². The Morgan fingerprint density at radius 3 is 2.44 bits per heavy atom. The van der Waals surface area contributed by atoms with Gasteiger partial charge < -0.3 is 9.64 Å². The van der Waals surface area contributed by atoms with Crippen LogP contribution in [0, 0.1) is 16.7 Å². The van der Waals surface area contributed by atoms with Crippen LogP contribution < -0.4 is 4.90 Å². The molecule has 0 saturated carbocycles. The summed E-state index contributed by atoms with van der Waals surface area (Å²) in [6.45, 7) is 7.35. The van der Waals surface area contributed by atoms with Crippen LogP contribution in [-0.4, -0.2) is 38.3 Å². The lowest BCUT2D eigenvalue weighted by atomic mass is 9.87. The number of hydrogen-bond donors (Lipinski definition) is 0. The Hall–Kier alpha value is -2.06. The van der Waals surface area contributed by atoms with E-state index in [0.717, 1.165) is 45.0 Å². The number of rotatable bonds is 4. The summed E-state index contributed by atoms with van der Waals surface area (Å²) < 4.78 is 5.41. The number of hydrogen-bond acceptors (Lipinski definition) is 4. The van der Waals surface area contributed by atoms with Gasteiger partial charge in [0.25, 0.3) is 0 Å². The highest BCUT2D eigenvalue weighted by Gasteiger charge is 2.35. The van der Waals surface area contributed by atoms with Crippen molar-refractivity contribution >= 4 is 23.8 Å². The third-order valence-electron chi connectivity index (χ3n) is 5.56. The van der Waals surface area contributed by atoms with E-state index in [0.29, 0.717) is 11.0 Å². The number of nitriles is 1. The summed E-state index contributed by atoms with van der Waals surface area (Å²) >= 11 is 0. The highest BCUT2D eigenvalue weighted by molar-refractivity contribution is 5.85. The second kappa shape index (κ2) is 7.90. The first-order chi connectivity index (χ1) is 12.6. The lowest BCUT2D eigenvalue weighted by Gasteiger charge is -2.43. The normalized spacial score (nSPS) is 17.8. The number of fused-ring (bicyclic) bond motifs is 1. The molecule has 0 atom stereocenters. The Labute approximate surface area is 167 Å². The van der Waals surface area contributed by atoms with Crippen LogP contribution >= 0.6 is 12.4 Å². The van der Waals surface area contributed by atoms with Crippen LogP contribution in [0.5, 0.6) is 0 Å². The monoisotopic (exact) mass is 383 g/mol. The smallest absolute Gasteiger partial charge is 0.0991 e. The third-order valence-corrected chi connectivity index (χ3v) is 5.56. The van der Waals surface area contributed by atoms with Gasteiger partial charge in [0, 0.05) is 43.5 Å². The molecule has 2 aromatic rings. The van der Waals surface area contributed by atoms with E-state index in [1.54, 1.807) is 0 Å². The van der Waals surface area contributed by atoms with Gasteiger partial charge in [-0.05, 0) is 53.9 Å². The lowest BCUT2D eigenvalue weighted by Crippen LogP contribution is -2.49. The largest absolute Gasteiger partial charge is 0.380 e. The van der Waals surface area contributed by atoms with E-state index in [1.807, 2.05) is 24.3 Å². The fourth-order valence-electron chi connectivity index (χ4n) is 3.94. The number of anilines is 2. The Morgan fingerprint density at radius 1 is 1.11 bits per heavy atom. The third kappa shape index (κ3) is 4.11. The molecule has 0 bridgehead atoms. The topological polar surface area (TPSA) is 39.5 Å². The zero-order chi connectivity index (χ0) is 18.1. The predicted molar refractivity (Wildman–Crippen MR) is 111 cm³/mol. The van der Waals surface area contributed by atoms with Crippen LogP contribution in [0.4, 0.5) is 11.4 Å². The van der Waals surface area contributed by atoms with E-state index in [2.05, 4.69) is 48.0 Å². The van der Waals surface area contributed by atoms with Crippen molar-refractivity contribution in [3.8, 4) is 6.07 Å². The first-order valence-corrected chi connectivity index (χ1v) is 9.22. The molecule has 2 aromatic carbocycles. The molecule has 2 aliphatic rings. The van der Waals surface area contributed by atoms with Gasteiger partial charge >= 0.3 is 0 Å². The van der Waals surface area contributed by atoms with Gasteiger partial charge in [0.15, 0.2) is 0 Å². The van der Waals surface area contributed by atoms with Crippen LogP contribution in [0.15, 0.2) is 42.5 Å². The van der Waals surface area contributed by atoms with Crippen molar-refractivity contribution in [2.75, 3.05) is 38.3 Å². The number of halogens is 1.